The molecule has 0 aromatic heterocycles. The van der Waals surface area contributed by atoms with Crippen LogP contribution in [0.25, 0.3) is 0 Å². The van der Waals surface area contributed by atoms with E-state index in [1.165, 1.54) is 211 Å². The minimum atomic E-state index is -0.390. The Bertz CT molecular complexity index is 1160. The highest BCUT2D eigenvalue weighted by Gasteiger charge is 2.61. The molecule has 9 atom stereocenters. The van der Waals surface area contributed by atoms with Gasteiger partial charge < -0.3 is 9.84 Å². The van der Waals surface area contributed by atoms with Crippen molar-refractivity contribution < 1.29 is 14.6 Å². The zero-order chi connectivity index (χ0) is 43.1. The monoisotopic (exact) mass is 837 g/mol. The van der Waals surface area contributed by atoms with Crippen LogP contribution >= 0.6 is 0 Å². The second kappa shape index (κ2) is 28.9. The number of hydrogen-bond donors (Lipinski definition) is 1. The first kappa shape index (κ1) is 51.8. The van der Waals surface area contributed by atoms with E-state index < -0.39 is 6.10 Å². The first-order chi connectivity index (χ1) is 29.1. The predicted molar refractivity (Wildman–Crippen MR) is 259 cm³/mol. The Morgan fingerprint density at radius 1 is 0.650 bits per heavy atom. The van der Waals surface area contributed by atoms with Gasteiger partial charge in [0.25, 0.3) is 0 Å². The summed E-state index contributed by atoms with van der Waals surface area (Å²) in [5.74, 6) is 4.50. The summed E-state index contributed by atoms with van der Waals surface area (Å²) < 4.78 is 6.46. The number of fused-ring (bicyclic) bond motifs is 5. The van der Waals surface area contributed by atoms with Crippen LogP contribution in [-0.4, -0.2) is 23.3 Å². The van der Waals surface area contributed by atoms with Crippen LogP contribution in [0.3, 0.4) is 0 Å². The van der Waals surface area contributed by atoms with Gasteiger partial charge in [0.05, 0.1) is 6.10 Å². The average Bonchev–Trinajstić information content (AvgIpc) is 3.58. The maximum atomic E-state index is 13.4. The standard InChI is InChI=1S/C57H104O3/c1-7-8-9-10-11-12-13-14-15-16-17-18-19-20-21-22-23-24-25-26-27-28-29-30-31-32-33-37-55(59)60-54-45-49(58)44-48-38-39-50-52-41-40-51(47(4)36-34-35-46(2)3)56(52,5)43-42-53(50)57(48,54)6/h38,46-47,49-54,58H,7-37,39-45H2,1-6H3/t47-,49+,50+,51-,52+,53+,54?,56-,57+/m1/s1. The summed E-state index contributed by atoms with van der Waals surface area (Å²) in [6, 6.07) is 0. The lowest BCUT2D eigenvalue weighted by atomic mass is 9.46. The predicted octanol–water partition coefficient (Wildman–Crippen LogP) is 17.9. The van der Waals surface area contributed by atoms with Crippen LogP contribution in [0.15, 0.2) is 11.6 Å². The topological polar surface area (TPSA) is 46.5 Å². The summed E-state index contributed by atoms with van der Waals surface area (Å²) >= 11 is 0. The minimum Gasteiger partial charge on any atom is -0.461 e. The Balaban J connectivity index is 0.992. The summed E-state index contributed by atoms with van der Waals surface area (Å²) in [7, 11) is 0. The number of carbonyl (C=O) groups excluding carboxylic acids is 1. The van der Waals surface area contributed by atoms with Gasteiger partial charge in [0.1, 0.15) is 6.10 Å². The van der Waals surface area contributed by atoms with Gasteiger partial charge >= 0.3 is 5.97 Å². The number of esters is 1. The highest BCUT2D eigenvalue weighted by atomic mass is 16.5. The number of aliphatic hydroxyl groups is 1. The highest BCUT2D eigenvalue weighted by molar-refractivity contribution is 5.69. The van der Waals surface area contributed by atoms with Crippen LogP contribution in [0.5, 0.6) is 0 Å². The van der Waals surface area contributed by atoms with E-state index in [1.54, 1.807) is 0 Å². The van der Waals surface area contributed by atoms with Crippen LogP contribution in [0.2, 0.25) is 0 Å². The van der Waals surface area contributed by atoms with Gasteiger partial charge in [-0.3, -0.25) is 4.79 Å². The van der Waals surface area contributed by atoms with E-state index >= 15 is 0 Å². The van der Waals surface area contributed by atoms with Gasteiger partial charge in [-0.15, -0.1) is 0 Å². The molecular formula is C57H104O3. The van der Waals surface area contributed by atoms with Crippen LogP contribution in [0.1, 0.15) is 286 Å². The van der Waals surface area contributed by atoms with Crippen LogP contribution in [0.4, 0.5) is 0 Å². The van der Waals surface area contributed by atoms with Crippen molar-refractivity contribution in [3.8, 4) is 0 Å². The molecule has 0 spiro atoms. The fraction of sp³-hybridized carbons (Fsp3) is 0.947. The smallest absolute Gasteiger partial charge is 0.306 e. The molecule has 4 aliphatic carbocycles. The summed E-state index contributed by atoms with van der Waals surface area (Å²) in [4.78, 5) is 13.4. The van der Waals surface area contributed by atoms with E-state index in [2.05, 4.69) is 47.6 Å². The first-order valence-corrected chi connectivity index (χ1v) is 27.7. The van der Waals surface area contributed by atoms with Gasteiger partial charge in [-0.05, 0) is 85.9 Å². The van der Waals surface area contributed by atoms with Gasteiger partial charge in [-0.25, -0.2) is 0 Å². The highest BCUT2D eigenvalue weighted by Crippen LogP contribution is 2.67. The van der Waals surface area contributed by atoms with Gasteiger partial charge in [-0.1, -0.05) is 239 Å². The van der Waals surface area contributed by atoms with Crippen LogP contribution in [0, 0.1) is 46.3 Å². The molecule has 0 aromatic carbocycles. The van der Waals surface area contributed by atoms with Crippen molar-refractivity contribution in [2.24, 2.45) is 46.3 Å². The first-order valence-electron chi connectivity index (χ1n) is 27.7. The van der Waals surface area contributed by atoms with Crippen molar-refractivity contribution in [1.82, 2.24) is 0 Å². The fourth-order valence-corrected chi connectivity index (χ4v) is 13.8. The number of unbranched alkanes of at least 4 members (excludes halogenated alkanes) is 26. The van der Waals surface area contributed by atoms with E-state index in [4.69, 9.17) is 4.74 Å². The third-order valence-electron chi connectivity index (χ3n) is 17.6. The second-order valence-electron chi connectivity index (χ2n) is 22.7. The molecule has 1 N–H and O–H groups in total. The van der Waals surface area contributed by atoms with E-state index in [0.717, 1.165) is 49.4 Å². The van der Waals surface area contributed by atoms with E-state index in [1.807, 2.05) is 0 Å². The SMILES string of the molecule is CCCCCCCCCCCCCCCCCCCCCCCCCCCCCC(=O)OC1C[C@@H](O)CC2=CC[C@H]3[C@@H]4CC[C@H]([C@H](C)CCCC(C)C)[C@@]4(C)CC[C@@H]3[C@]21C. The van der Waals surface area contributed by atoms with Crippen LogP contribution in [-0.2, 0) is 9.53 Å². The maximum Gasteiger partial charge on any atom is 0.306 e. The Morgan fingerprint density at radius 2 is 1.13 bits per heavy atom. The number of carbonyl (C=O) groups is 1. The molecule has 0 heterocycles. The van der Waals surface area contributed by atoms with Gasteiger partial charge in [0.15, 0.2) is 0 Å². The quantitative estimate of drug-likeness (QED) is 0.0399. The van der Waals surface area contributed by atoms with Crippen molar-refractivity contribution in [3.63, 3.8) is 0 Å². The number of rotatable bonds is 34. The van der Waals surface area contributed by atoms with Crippen LogP contribution < -0.4 is 0 Å². The Kier molecular flexibility index (Phi) is 24.9. The molecule has 0 radical (unpaired) electrons. The number of allylic oxidation sites excluding steroid dienone is 1. The molecule has 0 aromatic rings. The van der Waals surface area contributed by atoms with Crippen molar-refractivity contribution in [3.05, 3.63) is 11.6 Å². The minimum absolute atomic E-state index is 0.0202. The zero-order valence-corrected chi connectivity index (χ0v) is 41.3. The molecule has 0 bridgehead atoms. The molecule has 3 nitrogen and oxygen atoms in total. The maximum absolute atomic E-state index is 13.4. The number of hydrogen-bond acceptors (Lipinski definition) is 3. The molecule has 0 saturated heterocycles. The van der Waals surface area contributed by atoms with E-state index in [-0.39, 0.29) is 17.5 Å². The van der Waals surface area contributed by atoms with E-state index in [9.17, 15) is 9.90 Å². The summed E-state index contributed by atoms with van der Waals surface area (Å²) in [6.45, 7) is 14.7. The van der Waals surface area contributed by atoms with Gasteiger partial charge in [-0.2, -0.15) is 0 Å². The molecule has 4 aliphatic rings. The summed E-state index contributed by atoms with van der Waals surface area (Å²) in [6.07, 6.45) is 52.2. The zero-order valence-electron chi connectivity index (χ0n) is 41.3. The number of ether oxygens (including phenoxy) is 1. The molecule has 3 heteroatoms. The second-order valence-corrected chi connectivity index (χ2v) is 22.7. The summed E-state index contributed by atoms with van der Waals surface area (Å²) in [5.41, 5.74) is 1.73. The van der Waals surface area contributed by atoms with Crippen molar-refractivity contribution in [2.45, 2.75) is 298 Å². The van der Waals surface area contributed by atoms with Crippen molar-refractivity contribution in [2.75, 3.05) is 0 Å². The lowest BCUT2D eigenvalue weighted by molar-refractivity contribution is -0.169. The van der Waals surface area contributed by atoms with Crippen molar-refractivity contribution in [1.29, 1.82) is 0 Å². The molecule has 3 saturated carbocycles. The van der Waals surface area contributed by atoms with Crippen molar-refractivity contribution >= 4 is 5.97 Å². The fourth-order valence-electron chi connectivity index (χ4n) is 13.8. The molecule has 1 unspecified atom stereocenters. The molecular weight excluding hydrogens is 733 g/mol. The Morgan fingerprint density at radius 3 is 1.62 bits per heavy atom. The Labute approximate surface area is 375 Å². The third-order valence-corrected chi connectivity index (χ3v) is 17.6. The average molecular weight is 837 g/mol. The Hall–Kier alpha value is -0.830. The van der Waals surface area contributed by atoms with Gasteiger partial charge in [0, 0.05) is 18.3 Å². The lowest BCUT2D eigenvalue weighted by Crippen LogP contribution is -2.56. The van der Waals surface area contributed by atoms with Gasteiger partial charge in [0.2, 0.25) is 0 Å². The molecule has 60 heavy (non-hydrogen) atoms. The normalized spacial score (nSPS) is 29.2. The van der Waals surface area contributed by atoms with E-state index in [0.29, 0.717) is 30.1 Å². The number of aliphatic hydroxyl groups excluding tert-OH is 1. The lowest BCUT2D eigenvalue weighted by Gasteiger charge is -2.60. The third kappa shape index (κ3) is 16.6. The molecule has 0 aliphatic heterocycles. The molecule has 4 rings (SSSR count). The molecule has 350 valence electrons. The molecule has 0 amide bonds. The summed E-state index contributed by atoms with van der Waals surface area (Å²) in [5, 5.41) is 11.0. The largest absolute Gasteiger partial charge is 0.461 e. The molecule has 3 fully saturated rings.